The minimum absolute atomic E-state index is 0.271. The highest BCUT2D eigenvalue weighted by Gasteiger charge is 2.19. The highest BCUT2D eigenvalue weighted by Crippen LogP contribution is 2.17. The number of ether oxygens (including phenoxy) is 1. The second-order valence-corrected chi connectivity index (χ2v) is 7.25. The van der Waals surface area contributed by atoms with E-state index in [2.05, 4.69) is 51.1 Å². The Morgan fingerprint density at radius 2 is 2.20 bits per heavy atom. The molecule has 138 valence electrons. The van der Waals surface area contributed by atoms with Crippen molar-refractivity contribution in [2.45, 2.75) is 39.3 Å². The predicted octanol–water partition coefficient (Wildman–Crippen LogP) is 2.11. The van der Waals surface area contributed by atoms with E-state index >= 15 is 0 Å². The van der Waals surface area contributed by atoms with Crippen LogP contribution in [0, 0.1) is 5.92 Å². The topological polar surface area (TPSA) is 53.0 Å². The maximum Gasteiger partial charge on any atom is 0.193 e. The van der Waals surface area contributed by atoms with E-state index in [1.807, 2.05) is 13.2 Å². The third kappa shape index (κ3) is 4.84. The molecular weight excluding hydrogens is 314 g/mol. The van der Waals surface area contributed by atoms with Gasteiger partial charge in [-0.15, -0.1) is 0 Å². The molecule has 0 amide bonds. The van der Waals surface area contributed by atoms with E-state index in [0.29, 0.717) is 0 Å². The number of rotatable bonds is 3. The molecule has 2 atom stereocenters. The zero-order chi connectivity index (χ0) is 17.6. The van der Waals surface area contributed by atoms with Crippen LogP contribution in [0.1, 0.15) is 32.3 Å². The Labute approximate surface area is 151 Å². The van der Waals surface area contributed by atoms with Gasteiger partial charge >= 0.3 is 0 Å². The number of hydrogen-bond acceptors (Lipinski definition) is 4. The number of anilines is 1. The fourth-order valence-corrected chi connectivity index (χ4v) is 3.63. The van der Waals surface area contributed by atoms with Gasteiger partial charge in [0.1, 0.15) is 5.82 Å². The predicted molar refractivity (Wildman–Crippen MR) is 102 cm³/mol. The van der Waals surface area contributed by atoms with Crippen molar-refractivity contribution in [3.63, 3.8) is 0 Å². The Morgan fingerprint density at radius 3 is 2.88 bits per heavy atom. The molecule has 2 aliphatic heterocycles. The van der Waals surface area contributed by atoms with Crippen molar-refractivity contribution in [3.8, 4) is 0 Å². The van der Waals surface area contributed by atoms with Crippen LogP contribution in [0.4, 0.5) is 5.82 Å². The second kappa shape index (κ2) is 8.52. The summed E-state index contributed by atoms with van der Waals surface area (Å²) in [5.41, 5.74) is 1.18. The first-order valence-corrected chi connectivity index (χ1v) is 9.43. The maximum absolute atomic E-state index is 5.60. The van der Waals surface area contributed by atoms with Crippen LogP contribution in [0.2, 0.25) is 0 Å². The fraction of sp³-hybridized carbons (Fsp3) is 0.684. The first kappa shape index (κ1) is 18.0. The van der Waals surface area contributed by atoms with Crippen molar-refractivity contribution >= 4 is 11.8 Å². The Balaban J connectivity index is 1.54. The van der Waals surface area contributed by atoms with Gasteiger partial charge < -0.3 is 19.9 Å². The molecule has 0 aromatic carbocycles. The van der Waals surface area contributed by atoms with Gasteiger partial charge in [0.05, 0.1) is 12.7 Å². The molecule has 0 bridgehead atoms. The Kier molecular flexibility index (Phi) is 6.13. The number of nitrogens with zero attached hydrogens (tertiary/aromatic N) is 4. The molecule has 3 rings (SSSR count). The lowest BCUT2D eigenvalue weighted by atomic mass is 10.0. The largest absolute Gasteiger partial charge is 0.375 e. The standard InChI is InChI=1S/C19H31N5O/c1-15-5-4-8-24(13-15)19(20-3)22-12-17-6-7-18(21-11-17)23-9-10-25-16(2)14-23/h6-7,11,15-16H,4-5,8-10,12-14H2,1-3H3,(H,20,22). The maximum atomic E-state index is 5.60. The van der Waals surface area contributed by atoms with Crippen LogP contribution in [0.25, 0.3) is 0 Å². The molecule has 0 radical (unpaired) electrons. The third-order valence-electron chi connectivity index (χ3n) is 4.99. The van der Waals surface area contributed by atoms with Crippen LogP contribution in [-0.2, 0) is 11.3 Å². The minimum Gasteiger partial charge on any atom is -0.375 e. The SMILES string of the molecule is CN=C(NCc1ccc(N2CCOC(C)C2)nc1)N1CCCC(C)C1. The van der Waals surface area contributed by atoms with Crippen molar-refractivity contribution in [1.29, 1.82) is 0 Å². The summed E-state index contributed by atoms with van der Waals surface area (Å²) in [5, 5.41) is 3.48. The summed E-state index contributed by atoms with van der Waals surface area (Å²) in [6, 6.07) is 4.27. The number of aliphatic imine (C=N–C) groups is 1. The lowest BCUT2D eigenvalue weighted by Crippen LogP contribution is -2.45. The van der Waals surface area contributed by atoms with Crippen molar-refractivity contribution in [2.75, 3.05) is 44.7 Å². The quantitative estimate of drug-likeness (QED) is 0.672. The van der Waals surface area contributed by atoms with Crippen LogP contribution in [0.3, 0.4) is 0 Å². The van der Waals surface area contributed by atoms with E-state index in [9.17, 15) is 0 Å². The molecule has 1 aromatic rings. The number of pyridine rings is 1. The summed E-state index contributed by atoms with van der Waals surface area (Å²) in [6.07, 6.45) is 4.80. The molecule has 2 aliphatic rings. The summed E-state index contributed by atoms with van der Waals surface area (Å²) in [6.45, 7) is 9.95. The number of likely N-dealkylation sites (tertiary alicyclic amines) is 1. The molecule has 25 heavy (non-hydrogen) atoms. The molecule has 3 heterocycles. The van der Waals surface area contributed by atoms with Crippen molar-refractivity contribution in [2.24, 2.45) is 10.9 Å². The number of guanidine groups is 1. The van der Waals surface area contributed by atoms with Crippen LogP contribution in [0.15, 0.2) is 23.3 Å². The van der Waals surface area contributed by atoms with Crippen molar-refractivity contribution < 1.29 is 4.74 Å². The zero-order valence-electron chi connectivity index (χ0n) is 15.7. The van der Waals surface area contributed by atoms with Crippen molar-refractivity contribution in [1.82, 2.24) is 15.2 Å². The average Bonchev–Trinajstić information content (AvgIpc) is 2.63. The Bertz CT molecular complexity index is 574. The van der Waals surface area contributed by atoms with Gasteiger partial charge in [0, 0.05) is 46.0 Å². The molecule has 0 aliphatic carbocycles. The molecular formula is C19H31N5O. The Morgan fingerprint density at radius 1 is 1.32 bits per heavy atom. The summed E-state index contributed by atoms with van der Waals surface area (Å²) in [5.74, 6) is 2.77. The number of hydrogen-bond donors (Lipinski definition) is 1. The van der Waals surface area contributed by atoms with Gasteiger partial charge in [-0.1, -0.05) is 13.0 Å². The number of nitrogens with one attached hydrogen (secondary N) is 1. The van der Waals surface area contributed by atoms with Crippen LogP contribution >= 0.6 is 0 Å². The summed E-state index contributed by atoms with van der Waals surface area (Å²) >= 11 is 0. The summed E-state index contributed by atoms with van der Waals surface area (Å²) in [4.78, 5) is 13.7. The molecule has 2 fully saturated rings. The van der Waals surface area contributed by atoms with Gasteiger partial charge in [0.2, 0.25) is 0 Å². The summed E-state index contributed by atoms with van der Waals surface area (Å²) in [7, 11) is 1.86. The van der Waals surface area contributed by atoms with Gasteiger partial charge in [-0.3, -0.25) is 4.99 Å². The number of aromatic nitrogens is 1. The van der Waals surface area contributed by atoms with Crippen molar-refractivity contribution in [3.05, 3.63) is 23.9 Å². The molecule has 0 saturated carbocycles. The summed E-state index contributed by atoms with van der Waals surface area (Å²) < 4.78 is 5.60. The first-order valence-electron chi connectivity index (χ1n) is 9.43. The molecule has 6 heteroatoms. The second-order valence-electron chi connectivity index (χ2n) is 7.25. The number of piperidine rings is 1. The minimum atomic E-state index is 0.271. The van der Waals surface area contributed by atoms with Gasteiger partial charge in [0.15, 0.2) is 5.96 Å². The zero-order valence-corrected chi connectivity index (χ0v) is 15.7. The fourth-order valence-electron chi connectivity index (χ4n) is 3.63. The van der Waals surface area contributed by atoms with E-state index in [4.69, 9.17) is 4.74 Å². The highest BCUT2D eigenvalue weighted by atomic mass is 16.5. The molecule has 6 nitrogen and oxygen atoms in total. The first-order chi connectivity index (χ1) is 12.2. The van der Waals surface area contributed by atoms with Gasteiger partial charge in [-0.2, -0.15) is 0 Å². The van der Waals surface area contributed by atoms with Gasteiger partial charge in [-0.05, 0) is 37.3 Å². The molecule has 2 unspecified atom stereocenters. The lowest BCUT2D eigenvalue weighted by molar-refractivity contribution is 0.0529. The van der Waals surface area contributed by atoms with Crippen LogP contribution in [-0.4, -0.2) is 61.8 Å². The van der Waals surface area contributed by atoms with E-state index in [1.54, 1.807) is 0 Å². The molecule has 1 N–H and O–H groups in total. The van der Waals surface area contributed by atoms with Crippen LogP contribution < -0.4 is 10.2 Å². The van der Waals surface area contributed by atoms with Crippen LogP contribution in [0.5, 0.6) is 0 Å². The molecule has 2 saturated heterocycles. The molecule has 1 aromatic heterocycles. The third-order valence-corrected chi connectivity index (χ3v) is 4.99. The number of morpholine rings is 1. The van der Waals surface area contributed by atoms with E-state index < -0.39 is 0 Å². The van der Waals surface area contributed by atoms with Gasteiger partial charge in [-0.25, -0.2) is 4.98 Å². The van der Waals surface area contributed by atoms with Gasteiger partial charge in [0.25, 0.3) is 0 Å². The highest BCUT2D eigenvalue weighted by molar-refractivity contribution is 5.80. The normalized spacial score (nSPS) is 25.2. The monoisotopic (exact) mass is 345 g/mol. The van der Waals surface area contributed by atoms with E-state index in [1.165, 1.54) is 18.4 Å². The van der Waals surface area contributed by atoms with E-state index in [0.717, 1.165) is 57.0 Å². The average molecular weight is 345 g/mol. The van der Waals surface area contributed by atoms with E-state index in [-0.39, 0.29) is 6.10 Å². The lowest BCUT2D eigenvalue weighted by Gasteiger charge is -2.33. The smallest absolute Gasteiger partial charge is 0.193 e. The molecule has 0 spiro atoms. The Hall–Kier alpha value is -1.82.